The van der Waals surface area contributed by atoms with Crippen LogP contribution in [-0.2, 0) is 6.54 Å². The fourth-order valence-electron chi connectivity index (χ4n) is 4.49. The van der Waals surface area contributed by atoms with Crippen molar-refractivity contribution in [2.24, 2.45) is 0 Å². The number of thiophene rings is 1. The Kier molecular flexibility index (Phi) is 8.54. The number of halogens is 1. The molecule has 0 amide bonds. The average Bonchev–Trinajstić information content (AvgIpc) is 3.39. The maximum Gasteiger partial charge on any atom is 0.275 e. The molecule has 206 valence electrons. The van der Waals surface area contributed by atoms with Crippen LogP contribution < -0.4 is 15.0 Å². The van der Waals surface area contributed by atoms with Crippen molar-refractivity contribution in [2.75, 3.05) is 27.3 Å². The number of methoxy groups -OCH3 is 1. The van der Waals surface area contributed by atoms with Crippen LogP contribution in [0.15, 0.2) is 83.9 Å². The maximum atomic E-state index is 13.4. The highest BCUT2D eigenvalue weighted by Gasteiger charge is 2.14. The Morgan fingerprint density at radius 3 is 2.45 bits per heavy atom. The molecule has 8 heteroatoms. The second kappa shape index (κ2) is 12.3. The second-order valence-electron chi connectivity index (χ2n) is 10.1. The van der Waals surface area contributed by atoms with E-state index in [1.54, 1.807) is 19.5 Å². The van der Waals surface area contributed by atoms with Gasteiger partial charge in [-0.3, -0.25) is 14.3 Å². The third kappa shape index (κ3) is 6.22. The van der Waals surface area contributed by atoms with E-state index in [2.05, 4.69) is 55.0 Å². The zero-order chi connectivity index (χ0) is 28.2. The van der Waals surface area contributed by atoms with Crippen molar-refractivity contribution in [1.82, 2.24) is 14.5 Å². The van der Waals surface area contributed by atoms with Gasteiger partial charge < -0.3 is 9.47 Å². The summed E-state index contributed by atoms with van der Waals surface area (Å²) in [5.74, 6) is 1.72. The van der Waals surface area contributed by atoms with Crippen LogP contribution in [0.3, 0.4) is 0 Å². The second-order valence-corrected chi connectivity index (χ2v) is 11.6. The molecule has 0 spiro atoms. The molecule has 5 aromatic rings. The van der Waals surface area contributed by atoms with Gasteiger partial charge >= 0.3 is 0 Å². The summed E-state index contributed by atoms with van der Waals surface area (Å²) in [6.45, 7) is 6.52. The first-order valence-electron chi connectivity index (χ1n) is 13.2. The molecule has 0 aliphatic rings. The van der Waals surface area contributed by atoms with E-state index in [0.29, 0.717) is 45.0 Å². The number of fused-ring (bicyclic) bond motifs is 1. The van der Waals surface area contributed by atoms with Crippen LogP contribution in [-0.4, -0.2) is 41.8 Å². The quantitative estimate of drug-likeness (QED) is 0.174. The zero-order valence-electron chi connectivity index (χ0n) is 23.1. The zero-order valence-corrected chi connectivity index (χ0v) is 24.6. The Morgan fingerprint density at radius 1 is 1.00 bits per heavy atom. The number of hydrogen-bond acceptors (Lipinski definition) is 6. The molecule has 0 saturated heterocycles. The van der Waals surface area contributed by atoms with Gasteiger partial charge in [-0.05, 0) is 60.0 Å². The number of aromatic nitrogens is 2. The standard InChI is InChI=1S/C32H32ClN3O3S/c1-21(2)23-7-5-22(6-8-23)19-35(3)15-16-39-28-14-13-26(17-29(28)38-4)36-20-34-27-18-30(40-31(27)32(36)37)24-9-11-25(33)12-10-24/h5-14,17-18,20-21H,15-16,19H2,1-4H3. The normalized spacial score (nSPS) is 11.5. The van der Waals surface area contributed by atoms with Crippen molar-refractivity contribution in [3.8, 4) is 27.6 Å². The van der Waals surface area contributed by atoms with E-state index in [1.165, 1.54) is 27.0 Å². The summed E-state index contributed by atoms with van der Waals surface area (Å²) in [6.07, 6.45) is 1.56. The van der Waals surface area contributed by atoms with Crippen LogP contribution in [0.2, 0.25) is 5.02 Å². The summed E-state index contributed by atoms with van der Waals surface area (Å²) >= 11 is 7.45. The summed E-state index contributed by atoms with van der Waals surface area (Å²) in [7, 11) is 3.68. The highest BCUT2D eigenvalue weighted by Crippen LogP contribution is 2.33. The number of benzene rings is 3. The largest absolute Gasteiger partial charge is 0.493 e. The third-order valence-corrected chi connectivity index (χ3v) is 8.23. The number of hydrogen-bond donors (Lipinski definition) is 0. The molecule has 2 aromatic heterocycles. The topological polar surface area (TPSA) is 56.6 Å². The van der Waals surface area contributed by atoms with E-state index < -0.39 is 0 Å². The van der Waals surface area contributed by atoms with Gasteiger partial charge in [0, 0.05) is 29.1 Å². The van der Waals surface area contributed by atoms with Gasteiger partial charge in [-0.15, -0.1) is 11.3 Å². The first kappa shape index (κ1) is 27.9. The van der Waals surface area contributed by atoms with Crippen LogP contribution in [0, 0.1) is 0 Å². The molecule has 40 heavy (non-hydrogen) atoms. The van der Waals surface area contributed by atoms with Gasteiger partial charge in [0.2, 0.25) is 0 Å². The van der Waals surface area contributed by atoms with Crippen LogP contribution in [0.25, 0.3) is 26.3 Å². The molecule has 3 aromatic carbocycles. The molecule has 0 radical (unpaired) electrons. The summed E-state index contributed by atoms with van der Waals surface area (Å²) in [6, 6.07) is 23.8. The fraction of sp³-hybridized carbons (Fsp3) is 0.250. The summed E-state index contributed by atoms with van der Waals surface area (Å²) in [5, 5.41) is 0.672. The Hall–Kier alpha value is -3.65. The molecule has 0 aliphatic carbocycles. The van der Waals surface area contributed by atoms with Gasteiger partial charge in [0.15, 0.2) is 11.5 Å². The lowest BCUT2D eigenvalue weighted by Gasteiger charge is -2.18. The number of likely N-dealkylation sites (N-methyl/N-ethyl adjacent to an activating group) is 1. The van der Waals surface area contributed by atoms with E-state index in [1.807, 2.05) is 42.5 Å². The van der Waals surface area contributed by atoms with Gasteiger partial charge in [0.1, 0.15) is 17.6 Å². The molecule has 0 N–H and O–H groups in total. The Labute approximate surface area is 243 Å². The molecule has 0 unspecified atom stereocenters. The lowest BCUT2D eigenvalue weighted by molar-refractivity contribution is 0.226. The first-order valence-corrected chi connectivity index (χ1v) is 14.4. The monoisotopic (exact) mass is 573 g/mol. The molecule has 5 rings (SSSR count). The van der Waals surface area contributed by atoms with Crippen LogP contribution >= 0.6 is 22.9 Å². The number of nitrogens with zero attached hydrogens (tertiary/aromatic N) is 3. The molecular formula is C32H32ClN3O3S. The van der Waals surface area contributed by atoms with Crippen LogP contribution in [0.1, 0.15) is 30.9 Å². The van der Waals surface area contributed by atoms with Gasteiger partial charge in [-0.25, -0.2) is 4.98 Å². The van der Waals surface area contributed by atoms with Crippen molar-refractivity contribution < 1.29 is 9.47 Å². The van der Waals surface area contributed by atoms with E-state index in [0.717, 1.165) is 23.5 Å². The number of rotatable bonds is 10. The van der Waals surface area contributed by atoms with E-state index in [4.69, 9.17) is 21.1 Å². The maximum absolute atomic E-state index is 13.4. The fourth-order valence-corrected chi connectivity index (χ4v) is 5.66. The minimum absolute atomic E-state index is 0.131. The van der Waals surface area contributed by atoms with Gasteiger partial charge in [0.05, 0.1) is 18.3 Å². The van der Waals surface area contributed by atoms with Crippen molar-refractivity contribution in [2.45, 2.75) is 26.3 Å². The van der Waals surface area contributed by atoms with Crippen molar-refractivity contribution in [1.29, 1.82) is 0 Å². The molecule has 0 atom stereocenters. The summed E-state index contributed by atoms with van der Waals surface area (Å²) in [4.78, 5) is 21.1. The van der Waals surface area contributed by atoms with Gasteiger partial charge in [0.25, 0.3) is 5.56 Å². The number of ether oxygens (including phenoxy) is 2. The Balaban J connectivity index is 1.27. The summed E-state index contributed by atoms with van der Waals surface area (Å²) < 4.78 is 13.8. The highest BCUT2D eigenvalue weighted by molar-refractivity contribution is 7.22. The molecule has 0 saturated carbocycles. The lowest BCUT2D eigenvalue weighted by atomic mass is 10.0. The predicted molar refractivity (Wildman–Crippen MR) is 165 cm³/mol. The Morgan fingerprint density at radius 2 is 1.75 bits per heavy atom. The Bertz CT molecular complexity index is 1660. The average molecular weight is 574 g/mol. The van der Waals surface area contributed by atoms with Crippen molar-refractivity contribution in [3.05, 3.63) is 106 Å². The molecule has 2 heterocycles. The highest BCUT2D eigenvalue weighted by atomic mass is 35.5. The van der Waals surface area contributed by atoms with E-state index in [9.17, 15) is 4.79 Å². The van der Waals surface area contributed by atoms with Crippen molar-refractivity contribution in [3.63, 3.8) is 0 Å². The van der Waals surface area contributed by atoms with Gasteiger partial charge in [-0.1, -0.05) is 61.8 Å². The SMILES string of the molecule is COc1cc(-n2cnc3cc(-c4ccc(Cl)cc4)sc3c2=O)ccc1OCCN(C)Cc1ccc(C(C)C)cc1. The predicted octanol–water partition coefficient (Wildman–Crippen LogP) is 7.41. The van der Waals surface area contributed by atoms with Gasteiger partial charge in [-0.2, -0.15) is 0 Å². The summed E-state index contributed by atoms with van der Waals surface area (Å²) in [5.41, 5.74) is 4.82. The van der Waals surface area contributed by atoms with E-state index in [-0.39, 0.29) is 5.56 Å². The molecule has 6 nitrogen and oxygen atoms in total. The van der Waals surface area contributed by atoms with Crippen LogP contribution in [0.5, 0.6) is 11.5 Å². The molecular weight excluding hydrogens is 542 g/mol. The smallest absolute Gasteiger partial charge is 0.275 e. The van der Waals surface area contributed by atoms with E-state index >= 15 is 0 Å². The van der Waals surface area contributed by atoms with Crippen molar-refractivity contribution >= 4 is 33.2 Å². The van der Waals surface area contributed by atoms with Crippen LogP contribution in [0.4, 0.5) is 0 Å². The minimum Gasteiger partial charge on any atom is -0.493 e. The molecule has 0 aliphatic heterocycles. The lowest BCUT2D eigenvalue weighted by Crippen LogP contribution is -2.24. The molecule has 0 bridgehead atoms. The first-order chi connectivity index (χ1) is 19.3. The minimum atomic E-state index is -0.131. The molecule has 0 fully saturated rings. The third-order valence-electron chi connectivity index (χ3n) is 6.82.